The van der Waals surface area contributed by atoms with Gasteiger partial charge in [0.1, 0.15) is 0 Å². The average Bonchev–Trinajstić information content (AvgIpc) is 3.21. The maximum atomic E-state index is 13.1. The Morgan fingerprint density at radius 1 is 1.03 bits per heavy atom. The van der Waals surface area contributed by atoms with Crippen molar-refractivity contribution in [1.29, 1.82) is 0 Å². The first-order valence-corrected chi connectivity index (χ1v) is 10.9. The molecule has 154 valence electrons. The van der Waals surface area contributed by atoms with Gasteiger partial charge in [-0.15, -0.1) is 23.7 Å². The van der Waals surface area contributed by atoms with E-state index in [4.69, 9.17) is 4.98 Å². The lowest BCUT2D eigenvalue weighted by Crippen LogP contribution is -2.48. The lowest BCUT2D eigenvalue weighted by Gasteiger charge is -2.56. The number of rotatable bonds is 2. The van der Waals surface area contributed by atoms with Crippen molar-refractivity contribution in [3.63, 3.8) is 0 Å². The molecule has 4 aliphatic carbocycles. The van der Waals surface area contributed by atoms with Crippen LogP contribution in [0.25, 0.3) is 16.2 Å². The van der Waals surface area contributed by atoms with Gasteiger partial charge in [-0.25, -0.2) is 4.98 Å². The fourth-order valence-electron chi connectivity index (χ4n) is 6.53. The van der Waals surface area contributed by atoms with Gasteiger partial charge in [0.25, 0.3) is 0 Å². The number of nitrogens with zero attached hydrogens (tertiary/aromatic N) is 2. The first kappa shape index (κ1) is 19.4. The molecule has 0 saturated heterocycles. The number of hydrogen-bond donors (Lipinski definition) is 0. The van der Waals surface area contributed by atoms with Crippen molar-refractivity contribution in [3.05, 3.63) is 47.1 Å². The van der Waals surface area contributed by atoms with Gasteiger partial charge in [0.05, 0.1) is 17.0 Å². The Bertz CT molecular complexity index is 1030. The Labute approximate surface area is 177 Å². The Morgan fingerprint density at radius 2 is 1.69 bits per heavy atom. The van der Waals surface area contributed by atoms with E-state index in [0.29, 0.717) is 5.56 Å². The normalized spacial score (nSPS) is 30.7. The number of fused-ring (bicyclic) bond motifs is 1. The average molecular weight is 439 g/mol. The second kappa shape index (κ2) is 6.48. The van der Waals surface area contributed by atoms with Crippen LogP contribution in [0.1, 0.15) is 49.8 Å². The molecule has 2 aromatic heterocycles. The summed E-state index contributed by atoms with van der Waals surface area (Å²) in [6, 6.07) is 5.60. The van der Waals surface area contributed by atoms with Gasteiger partial charge < -0.3 is 0 Å². The van der Waals surface area contributed by atoms with Crippen molar-refractivity contribution in [2.45, 2.75) is 50.1 Å². The molecule has 0 spiro atoms. The molecule has 7 heteroatoms. The highest BCUT2D eigenvalue weighted by molar-refractivity contribution is 7.15. The molecule has 3 aromatic rings. The third-order valence-electron chi connectivity index (χ3n) is 7.28. The number of halogens is 4. The molecule has 2 heterocycles. The van der Waals surface area contributed by atoms with Gasteiger partial charge in [-0.05, 0) is 74.0 Å². The van der Waals surface area contributed by atoms with Gasteiger partial charge in [-0.1, -0.05) is 12.1 Å². The Hall–Kier alpha value is -1.53. The summed E-state index contributed by atoms with van der Waals surface area (Å²) in [4.78, 5) is 5.87. The fourth-order valence-corrected chi connectivity index (χ4v) is 7.41. The Morgan fingerprint density at radius 3 is 2.31 bits per heavy atom. The first-order valence-electron chi connectivity index (χ1n) is 10.0. The van der Waals surface area contributed by atoms with Crippen LogP contribution in [0, 0.1) is 17.8 Å². The van der Waals surface area contributed by atoms with Gasteiger partial charge >= 0.3 is 6.18 Å². The molecule has 4 bridgehead atoms. The zero-order chi connectivity index (χ0) is 19.1. The lowest BCUT2D eigenvalue weighted by atomic mass is 9.49. The van der Waals surface area contributed by atoms with Crippen molar-refractivity contribution in [1.82, 2.24) is 9.38 Å². The number of alkyl halides is 3. The van der Waals surface area contributed by atoms with Crippen LogP contribution in [0.2, 0.25) is 0 Å². The van der Waals surface area contributed by atoms with Crippen LogP contribution >= 0.6 is 23.7 Å². The van der Waals surface area contributed by atoms with Gasteiger partial charge in [0.2, 0.25) is 0 Å². The number of hydrogen-bond acceptors (Lipinski definition) is 2. The van der Waals surface area contributed by atoms with Crippen LogP contribution < -0.4 is 0 Å². The summed E-state index contributed by atoms with van der Waals surface area (Å²) in [5.41, 5.74) is 2.16. The lowest BCUT2D eigenvalue weighted by molar-refractivity contribution is -0.137. The van der Waals surface area contributed by atoms with E-state index in [0.717, 1.165) is 34.5 Å². The SMILES string of the molecule is Cl.FC(F)(F)c1cccc(-c2csc3nc(C45CC6CC(CC(C6)C4)C5)cn23)c1. The van der Waals surface area contributed by atoms with Crippen LogP contribution in [0.3, 0.4) is 0 Å². The summed E-state index contributed by atoms with van der Waals surface area (Å²) < 4.78 is 41.4. The number of thiazole rings is 1. The van der Waals surface area contributed by atoms with E-state index < -0.39 is 11.7 Å². The molecule has 2 nitrogen and oxygen atoms in total. The van der Waals surface area contributed by atoms with Crippen LogP contribution in [0.5, 0.6) is 0 Å². The highest BCUT2D eigenvalue weighted by Gasteiger charge is 2.52. The summed E-state index contributed by atoms with van der Waals surface area (Å²) in [6.45, 7) is 0. The molecule has 29 heavy (non-hydrogen) atoms. The van der Waals surface area contributed by atoms with E-state index in [-0.39, 0.29) is 17.8 Å². The second-order valence-corrected chi connectivity index (χ2v) is 10.0. The zero-order valence-electron chi connectivity index (χ0n) is 15.8. The van der Waals surface area contributed by atoms with Crippen LogP contribution in [-0.2, 0) is 11.6 Å². The maximum absolute atomic E-state index is 13.1. The number of aromatic nitrogens is 2. The fraction of sp³-hybridized carbons (Fsp3) is 0.500. The Kier molecular flexibility index (Phi) is 4.34. The molecule has 1 aromatic carbocycles. The maximum Gasteiger partial charge on any atom is 0.416 e. The molecule has 0 atom stereocenters. The molecule has 4 saturated carbocycles. The standard InChI is InChI=1S/C22H21F3N2S.ClH/c23-22(24,25)17-3-1-2-16(7-17)18-12-28-20-26-19(11-27(18)20)21-8-13-4-14(9-21)6-15(5-13)10-21;/h1-3,7,11-15H,4-6,8-10H2;1H. The molecule has 0 N–H and O–H groups in total. The minimum atomic E-state index is -4.33. The monoisotopic (exact) mass is 438 g/mol. The molecular weight excluding hydrogens is 417 g/mol. The van der Waals surface area contributed by atoms with E-state index in [2.05, 4.69) is 6.20 Å². The van der Waals surface area contributed by atoms with Crippen LogP contribution in [0.15, 0.2) is 35.8 Å². The predicted octanol–water partition coefficient (Wildman–Crippen LogP) is 6.97. The highest BCUT2D eigenvalue weighted by Crippen LogP contribution is 2.60. The molecular formula is C22H22ClF3N2S. The van der Waals surface area contributed by atoms with Crippen LogP contribution in [0.4, 0.5) is 13.2 Å². The molecule has 4 fully saturated rings. The van der Waals surface area contributed by atoms with Crippen LogP contribution in [-0.4, -0.2) is 9.38 Å². The zero-order valence-corrected chi connectivity index (χ0v) is 17.4. The molecule has 0 aliphatic heterocycles. The predicted molar refractivity (Wildman–Crippen MR) is 111 cm³/mol. The summed E-state index contributed by atoms with van der Waals surface area (Å²) in [6.07, 6.45) is 5.66. The summed E-state index contributed by atoms with van der Waals surface area (Å²) >= 11 is 1.52. The summed E-state index contributed by atoms with van der Waals surface area (Å²) in [7, 11) is 0. The molecule has 7 rings (SSSR count). The van der Waals surface area contributed by atoms with E-state index in [1.54, 1.807) is 6.07 Å². The smallest absolute Gasteiger partial charge is 0.290 e. The van der Waals surface area contributed by atoms with Crippen molar-refractivity contribution >= 4 is 28.7 Å². The van der Waals surface area contributed by atoms with Gasteiger partial charge in [0.15, 0.2) is 4.96 Å². The van der Waals surface area contributed by atoms with Gasteiger partial charge in [0, 0.05) is 17.0 Å². The first-order chi connectivity index (χ1) is 13.4. The minimum Gasteiger partial charge on any atom is -0.290 e. The van der Waals surface area contributed by atoms with E-state index >= 15 is 0 Å². The second-order valence-electron chi connectivity index (χ2n) is 9.18. The topological polar surface area (TPSA) is 17.3 Å². The van der Waals surface area contributed by atoms with Gasteiger partial charge in [-0.3, -0.25) is 4.40 Å². The number of imidazole rings is 1. The molecule has 0 radical (unpaired) electrons. The van der Waals surface area contributed by atoms with Crippen molar-refractivity contribution < 1.29 is 13.2 Å². The largest absolute Gasteiger partial charge is 0.416 e. The summed E-state index contributed by atoms with van der Waals surface area (Å²) in [5, 5.41) is 1.92. The number of benzene rings is 1. The van der Waals surface area contributed by atoms with E-state index in [1.165, 1.54) is 67.7 Å². The molecule has 4 aliphatic rings. The van der Waals surface area contributed by atoms with Crippen molar-refractivity contribution in [3.8, 4) is 11.3 Å². The van der Waals surface area contributed by atoms with Crippen molar-refractivity contribution in [2.24, 2.45) is 17.8 Å². The highest BCUT2D eigenvalue weighted by atomic mass is 35.5. The van der Waals surface area contributed by atoms with Gasteiger partial charge in [-0.2, -0.15) is 13.2 Å². The minimum absolute atomic E-state index is 0. The third kappa shape index (κ3) is 3.02. The quantitative estimate of drug-likeness (QED) is 0.422. The third-order valence-corrected chi connectivity index (χ3v) is 8.12. The van der Waals surface area contributed by atoms with Crippen molar-refractivity contribution in [2.75, 3.05) is 0 Å². The van der Waals surface area contributed by atoms with E-state index in [1.807, 2.05) is 9.78 Å². The Balaban J connectivity index is 0.00000181. The van der Waals surface area contributed by atoms with E-state index in [9.17, 15) is 13.2 Å². The molecule has 0 amide bonds. The summed E-state index contributed by atoms with van der Waals surface area (Å²) in [5.74, 6) is 2.52. The molecule has 0 unspecified atom stereocenters.